The Morgan fingerprint density at radius 3 is 1.43 bits per heavy atom. The number of phenols is 1. The molecule has 1 amide bonds. The number of fused-ring (bicyclic) bond motifs is 1. The summed E-state index contributed by atoms with van der Waals surface area (Å²) in [4.78, 5) is 10.6. The molecule has 7 rings (SSSR count). The number of carbonyl (C=O) groups is 1. The monoisotopic (exact) mass is 1630 g/mol. The van der Waals surface area contributed by atoms with E-state index in [2.05, 4.69) is 72.5 Å². The molecule has 8 N–H and O–H groups in total. The van der Waals surface area contributed by atoms with Gasteiger partial charge in [0.25, 0.3) is 5.91 Å². The minimum Gasteiger partial charge on any atom is -0.744 e. The van der Waals surface area contributed by atoms with E-state index in [0.29, 0.717) is 0 Å². The molecule has 0 fully saturated rings. The van der Waals surface area contributed by atoms with E-state index in [1.54, 1.807) is 0 Å². The number of rotatable bonds is 32. The van der Waals surface area contributed by atoms with Gasteiger partial charge in [-0.2, -0.15) is 19.7 Å². The topological polar surface area (TPSA) is 628 Å². The summed E-state index contributed by atoms with van der Waals surface area (Å²) in [6.07, 6.45) is 0. The summed E-state index contributed by atoms with van der Waals surface area (Å²) in [6, 6.07) is 24.0. The number of nitrogens with two attached hydrogens (primary N) is 3. The quantitative estimate of drug-likeness (QED) is 0.00301. The number of nitrogens with one attached hydrogen (secondary N) is 1. The summed E-state index contributed by atoms with van der Waals surface area (Å²) >= 11 is 0.544. The molecule has 0 aliphatic rings. The Hall–Kier alpha value is -1.58. The normalized spacial score (nSPS) is 11.9. The third-order valence-corrected chi connectivity index (χ3v) is 20.2. The van der Waals surface area contributed by atoms with Gasteiger partial charge >= 0.3 is 177 Å². The first kappa shape index (κ1) is 99.4. The van der Waals surface area contributed by atoms with E-state index in [-0.39, 0.29) is 303 Å². The van der Waals surface area contributed by atoms with Gasteiger partial charge in [0.1, 0.15) is 37.3 Å². The van der Waals surface area contributed by atoms with Crippen LogP contribution in [0.3, 0.4) is 0 Å². The zero-order chi connectivity index (χ0) is 69.9. The van der Waals surface area contributed by atoms with Gasteiger partial charge in [-0.15, -0.1) is 24.0 Å². The van der Waals surface area contributed by atoms with Gasteiger partial charge in [0.2, 0.25) is 10.4 Å². The van der Waals surface area contributed by atoms with Gasteiger partial charge in [-0.25, -0.2) is 50.5 Å². The number of anilines is 4. The Morgan fingerprint density at radius 1 is 0.495 bits per heavy atom. The zero-order valence-electron chi connectivity index (χ0n) is 52.8. The van der Waals surface area contributed by atoms with Crippen molar-refractivity contribution in [3.8, 4) is 5.75 Å². The Bertz CT molecular complexity index is 4750. The molecule has 7 aromatic carbocycles. The van der Waals surface area contributed by atoms with Gasteiger partial charge in [0.05, 0.1) is 118 Å². The van der Waals surface area contributed by atoms with Crippen LogP contribution >= 0.6 is 36.7 Å². The molecule has 39 nitrogen and oxygen atoms in total. The summed E-state index contributed by atoms with van der Waals surface area (Å²) in [6.45, 7) is -1.58. The molecule has 54 heteroatoms. The number of carbonyl (C=O) groups excluding carboxylic acids is 1. The minimum atomic E-state index is -5.39. The molecule has 0 aliphatic heterocycles. The Kier molecular flexibility index (Phi) is 45.3. The molecule has 0 aliphatic carbocycles. The van der Waals surface area contributed by atoms with Crippen molar-refractivity contribution in [1.29, 1.82) is 0 Å². The van der Waals surface area contributed by atoms with Crippen molar-refractivity contribution in [1.82, 2.24) is 0 Å². The molecule has 7 aromatic rings. The molecule has 0 radical (unpaired) electrons. The first-order valence-electron chi connectivity index (χ1n) is 24.8. The van der Waals surface area contributed by atoms with Crippen LogP contribution in [0.25, 0.3) is 10.8 Å². The number of hydrogen-bond acceptors (Lipinski definition) is 41. The van der Waals surface area contributed by atoms with E-state index in [9.17, 15) is 89.8 Å². The van der Waals surface area contributed by atoms with Crippen molar-refractivity contribution in [2.24, 2.45) is 30.7 Å². The van der Waals surface area contributed by atoms with Gasteiger partial charge in [-0.05, 0) is 121 Å². The van der Waals surface area contributed by atoms with E-state index in [0.717, 1.165) is 48.5 Å². The van der Waals surface area contributed by atoms with Crippen molar-refractivity contribution in [2.45, 2.75) is 29.4 Å². The van der Waals surface area contributed by atoms with Crippen molar-refractivity contribution in [3.63, 3.8) is 0 Å². The fraction of sp³-hybridized carbons (Fsp3) is 0.128. The largest absolute Gasteiger partial charge is 1.00 e. The number of azo groups is 3. The summed E-state index contributed by atoms with van der Waals surface area (Å²) in [5.74, 6) is -3.23. The van der Waals surface area contributed by atoms with Crippen LogP contribution < -0.4 is 216 Å². The molecule has 0 saturated carbocycles. The van der Waals surface area contributed by atoms with Gasteiger partial charge < -0.3 is 57.1 Å². The number of amides is 1. The van der Waals surface area contributed by atoms with Crippen LogP contribution in [0.5, 0.6) is 5.75 Å². The Labute approximate surface area is 720 Å². The molecule has 0 bridgehead atoms. The van der Waals surface area contributed by atoms with Crippen molar-refractivity contribution >= 4 is 170 Å². The van der Waals surface area contributed by atoms with Crippen LogP contribution in [-0.4, -0.2) is 112 Å². The average Bonchev–Trinajstić information content (AvgIpc) is 0.747. The molecule has 0 atom stereocenters. The fourth-order valence-corrected chi connectivity index (χ4v) is 13.5. The number of nitrogen functional groups attached to an aromatic ring is 3. The summed E-state index contributed by atoms with van der Waals surface area (Å²) < 4.78 is 203. The van der Waals surface area contributed by atoms with Gasteiger partial charge in [-0.3, -0.25) is 32.5 Å². The molecule has 0 saturated heterocycles. The second-order valence-corrected chi connectivity index (χ2v) is 29.6. The standard InChI is InChI=1S/C33H30N6O20S6.C14H16N4O9S3.6Na/c34-29-28-20(17-27(64(48,49)50)31(29)39-37-22-8-10-24(11-9-22)62(44,45)15-13-55-65(51,52)53)16-26(60-58-56-42)30(32(28)40)38-36-21-6-4-19(5-7-21)33(41)35-23-2-1-3-25(18-23)63(46,47)14-12-54-61-59-57-43;15-11-7-12(16)14(30(22,23)24)8-13(11)18-17-9-1-3-10(4-2-9)29(20,21)6-5-25-28-27-26-19;;;;;;/h1-11,16-18,40,42-43H,12-15,34H2,(H,35,41)(H,48,49,50)(H,51,52,53);1-4,7-8,19H,5-6,15-16H2,(H,22,23,24);;;;;;/q;;6*+1/p-6. The summed E-state index contributed by atoms with van der Waals surface area (Å²) in [5, 5.41) is 76.3. The number of hydrogen-bond donors (Lipinski definition) is 5. The average molecular weight is 1640 g/mol. The third kappa shape index (κ3) is 31.1. The predicted octanol–water partition coefficient (Wildman–Crippen LogP) is -14.1. The molecule has 0 aromatic heterocycles. The van der Waals surface area contributed by atoms with E-state index >= 15 is 0 Å². The number of sulfone groups is 3. The van der Waals surface area contributed by atoms with Crippen molar-refractivity contribution in [2.75, 3.05) is 59.6 Å². The molecule has 512 valence electrons. The van der Waals surface area contributed by atoms with Crippen molar-refractivity contribution in [3.05, 3.63) is 127 Å². The van der Waals surface area contributed by atoms with E-state index in [1.165, 1.54) is 72.8 Å². The van der Waals surface area contributed by atoms with E-state index in [1.807, 2.05) is 0 Å². The number of benzene rings is 7. The number of nitrogens with zero attached hydrogens (tertiary/aromatic N) is 6. The fourth-order valence-electron chi connectivity index (χ4n) is 7.36. The molecular weight excluding hydrogens is 1600 g/mol. The maximum absolute atomic E-state index is 13.0. The summed E-state index contributed by atoms with van der Waals surface area (Å²) in [5.41, 5.74) is 15.6. The van der Waals surface area contributed by atoms with Gasteiger partial charge in [0, 0.05) is 11.3 Å². The first-order chi connectivity index (χ1) is 44.7. The smallest absolute Gasteiger partial charge is 0.744 e. The van der Waals surface area contributed by atoms with Gasteiger partial charge in [-0.1, -0.05) is 6.07 Å². The SMILES string of the molecule is Nc1c(N=Nc2ccc(S(=O)(=O)CCOS(=O)(=O)[O-])cc2)c(S(=O)(=O)[O-])cc2cc(SOO[O-])c(N=Nc3ccc(C(=O)Nc4cccc(S(=O)(=O)CCOSOO[O-])c4)cc3)c(O)c12.Nc1cc(N)c(S(=O)(=O)[O-])cc1N=Nc1ccc(S(=O)(=O)CCOSOO[O-])cc1.[Na+].[Na+].[Na+].[Na+].[Na+].[Na+]. The van der Waals surface area contributed by atoms with Crippen LogP contribution in [-0.2, 0) is 101 Å². The second-order valence-electron chi connectivity index (χ2n) is 17.7. The maximum atomic E-state index is 13.0. The molecule has 0 heterocycles. The Morgan fingerprint density at radius 2 is 0.950 bits per heavy atom. The van der Waals surface area contributed by atoms with E-state index < -0.39 is 123 Å². The van der Waals surface area contributed by atoms with Crippen LogP contribution in [0.4, 0.5) is 56.9 Å². The maximum Gasteiger partial charge on any atom is 1.00 e. The minimum absolute atomic E-state index is 0. The first-order valence-corrected chi connectivity index (χ1v) is 36.0. The molecule has 101 heavy (non-hydrogen) atoms. The van der Waals surface area contributed by atoms with Crippen LogP contribution in [0.15, 0.2) is 181 Å². The third-order valence-electron chi connectivity index (χ3n) is 11.6. The van der Waals surface area contributed by atoms with Gasteiger partial charge in [0.15, 0.2) is 59.9 Å². The summed E-state index contributed by atoms with van der Waals surface area (Å²) in [7, 11) is -27.1. The Balaban J connectivity index is 0.00000235. The zero-order valence-corrected chi connectivity index (χ0v) is 72.1. The second kappa shape index (κ2) is 46.1. The molecule has 0 spiro atoms. The number of aromatic hydroxyl groups is 1. The van der Waals surface area contributed by atoms with E-state index in [4.69, 9.17) is 21.4 Å². The predicted molar refractivity (Wildman–Crippen MR) is 319 cm³/mol. The molecule has 0 unspecified atom stereocenters. The number of phenolic OH excluding ortho intramolecular Hbond substituents is 1. The van der Waals surface area contributed by atoms with Crippen LogP contribution in [0.1, 0.15) is 10.4 Å². The molecular formula is C47H40N10Na6O29S9. The van der Waals surface area contributed by atoms with Crippen LogP contribution in [0, 0.1) is 0 Å². The van der Waals surface area contributed by atoms with Crippen molar-refractivity contribution < 1.29 is 308 Å². The van der Waals surface area contributed by atoms with Crippen LogP contribution in [0.2, 0.25) is 0 Å².